The first-order chi connectivity index (χ1) is 27.0. The number of aromatic nitrogens is 1. The van der Waals surface area contributed by atoms with Gasteiger partial charge in [0.1, 0.15) is 17.8 Å². The van der Waals surface area contributed by atoms with Gasteiger partial charge in [-0.25, -0.2) is 4.79 Å². The van der Waals surface area contributed by atoms with E-state index in [4.69, 9.17) is 9.47 Å². The van der Waals surface area contributed by atoms with Crippen LogP contribution >= 0.6 is 0 Å². The molecule has 3 aromatic carbocycles. The number of nitrogens with one attached hydrogen (secondary N) is 4. The summed E-state index contributed by atoms with van der Waals surface area (Å²) in [4.78, 5) is 57.9. The number of nitrogens with zero attached hydrogens (tertiary/aromatic N) is 1. The number of carbonyl (C=O) groups is 4. The molecule has 5 N–H and O–H groups in total. The van der Waals surface area contributed by atoms with Crippen LogP contribution in [0, 0.1) is 10.8 Å². The van der Waals surface area contributed by atoms with Crippen LogP contribution in [0.1, 0.15) is 59.1 Å². The summed E-state index contributed by atoms with van der Waals surface area (Å²) in [6.45, 7) is 10.7. The van der Waals surface area contributed by atoms with Gasteiger partial charge >= 0.3 is 6.09 Å². The van der Waals surface area contributed by atoms with Crippen molar-refractivity contribution in [1.82, 2.24) is 26.3 Å². The summed E-state index contributed by atoms with van der Waals surface area (Å²) in [6.07, 6.45) is 0.458. The monoisotopic (exact) mass is 779 g/mol. The fourth-order valence-electron chi connectivity index (χ4n) is 6.38. The minimum atomic E-state index is -1.16. The molecular weight excluding hydrogens is 723 g/mol. The Hall–Kier alpha value is -5.75. The van der Waals surface area contributed by atoms with Crippen LogP contribution in [-0.2, 0) is 32.0 Å². The maximum atomic E-state index is 14.1. The van der Waals surface area contributed by atoms with Crippen molar-refractivity contribution in [2.24, 2.45) is 10.8 Å². The number of methoxy groups -OCH3 is 1. The molecule has 0 spiro atoms. The van der Waals surface area contributed by atoms with Gasteiger partial charge in [-0.05, 0) is 65.5 Å². The fourth-order valence-corrected chi connectivity index (χ4v) is 6.38. The van der Waals surface area contributed by atoms with Gasteiger partial charge in [-0.15, -0.1) is 0 Å². The van der Waals surface area contributed by atoms with Gasteiger partial charge in [0.2, 0.25) is 11.8 Å². The SMILES string of the molecule is COC(=O)N[C@H](C(=O)N[C@@H](Cc1ccc(-c2ccccn2)cc1)C[C@H](O)[C@H](Cc1ccccc1)NC(=O)[C@@H](NC(=O)COc1ccccc1)C(C)(C)C)C(C)(C)C. The smallest absolute Gasteiger partial charge is 0.407 e. The number of carbonyl (C=O) groups excluding carboxylic acids is 4. The first kappa shape index (κ1) is 44.0. The van der Waals surface area contributed by atoms with Crippen LogP contribution in [-0.4, -0.2) is 77.9 Å². The van der Waals surface area contributed by atoms with Crippen LogP contribution < -0.4 is 26.0 Å². The molecule has 12 heteroatoms. The summed E-state index contributed by atoms with van der Waals surface area (Å²) < 4.78 is 10.4. The Morgan fingerprint density at radius 3 is 1.81 bits per heavy atom. The van der Waals surface area contributed by atoms with Crippen LogP contribution in [0.3, 0.4) is 0 Å². The second kappa shape index (κ2) is 20.4. The van der Waals surface area contributed by atoms with E-state index in [2.05, 4.69) is 26.3 Å². The highest BCUT2D eigenvalue weighted by atomic mass is 16.5. The number of pyridine rings is 1. The second-order valence-electron chi connectivity index (χ2n) is 16.3. The van der Waals surface area contributed by atoms with Crippen molar-refractivity contribution in [2.75, 3.05) is 13.7 Å². The van der Waals surface area contributed by atoms with Crippen molar-refractivity contribution < 1.29 is 33.8 Å². The average Bonchev–Trinajstić information content (AvgIpc) is 3.18. The Morgan fingerprint density at radius 1 is 0.667 bits per heavy atom. The van der Waals surface area contributed by atoms with Gasteiger partial charge in [0.15, 0.2) is 6.61 Å². The zero-order valence-corrected chi connectivity index (χ0v) is 34.0. The first-order valence-electron chi connectivity index (χ1n) is 19.2. The van der Waals surface area contributed by atoms with Crippen LogP contribution in [0.2, 0.25) is 0 Å². The molecule has 304 valence electrons. The topological polar surface area (TPSA) is 168 Å². The lowest BCUT2D eigenvalue weighted by atomic mass is 9.85. The number of amides is 4. The van der Waals surface area contributed by atoms with E-state index in [-0.39, 0.29) is 19.4 Å². The van der Waals surface area contributed by atoms with Gasteiger partial charge < -0.3 is 35.8 Å². The van der Waals surface area contributed by atoms with E-state index in [0.717, 1.165) is 22.4 Å². The highest BCUT2D eigenvalue weighted by molar-refractivity contribution is 5.89. The molecule has 12 nitrogen and oxygen atoms in total. The molecule has 0 unspecified atom stereocenters. The molecule has 1 aromatic heterocycles. The zero-order valence-electron chi connectivity index (χ0n) is 34.0. The van der Waals surface area contributed by atoms with E-state index in [9.17, 15) is 24.3 Å². The Morgan fingerprint density at radius 2 is 1.23 bits per heavy atom. The minimum absolute atomic E-state index is 0.0397. The molecule has 4 amide bonds. The number of hydrogen-bond donors (Lipinski definition) is 5. The van der Waals surface area contributed by atoms with E-state index < -0.39 is 64.9 Å². The van der Waals surface area contributed by atoms with Crippen molar-refractivity contribution in [2.45, 2.75) is 91.1 Å². The number of alkyl carbamates (subject to hydrolysis) is 1. The van der Waals surface area contributed by atoms with Crippen LogP contribution in [0.4, 0.5) is 4.79 Å². The molecule has 4 rings (SSSR count). The van der Waals surface area contributed by atoms with Gasteiger partial charge in [0.25, 0.3) is 5.91 Å². The number of hydrogen-bond acceptors (Lipinski definition) is 8. The molecule has 0 aliphatic heterocycles. The van der Waals surface area contributed by atoms with Crippen molar-refractivity contribution in [3.63, 3.8) is 0 Å². The number of para-hydroxylation sites is 1. The minimum Gasteiger partial charge on any atom is -0.484 e. The number of rotatable bonds is 17. The Bertz CT molecular complexity index is 1880. The summed E-state index contributed by atoms with van der Waals surface area (Å²) in [7, 11) is 1.23. The highest BCUT2D eigenvalue weighted by Crippen LogP contribution is 2.24. The fraction of sp³-hybridized carbons (Fsp3) is 0.400. The van der Waals surface area contributed by atoms with Crippen molar-refractivity contribution >= 4 is 23.8 Å². The van der Waals surface area contributed by atoms with E-state index >= 15 is 0 Å². The van der Waals surface area contributed by atoms with Gasteiger partial charge in [-0.2, -0.15) is 0 Å². The molecule has 0 saturated carbocycles. The van der Waals surface area contributed by atoms with Crippen LogP contribution in [0.25, 0.3) is 11.3 Å². The molecule has 5 atom stereocenters. The molecule has 1 heterocycles. The zero-order chi connectivity index (χ0) is 41.6. The standard InChI is InChI=1S/C45H57N5O7/c1-44(2,3)39(49-38(52)29-57-34-18-12-9-13-19-34)42(54)48-36(27-30-16-10-8-11-17-30)37(51)28-33(47-41(53)40(45(4,5)6)50-43(55)56-7)26-31-21-23-32(24-22-31)35-20-14-15-25-46-35/h8-25,33,36-37,39-40,51H,26-29H2,1-7H3,(H,47,53)(H,48,54)(H,49,52)(H,50,55)/t33-,36-,37-,39+,40+/m0/s1. The largest absolute Gasteiger partial charge is 0.484 e. The summed E-state index contributed by atoms with van der Waals surface area (Å²) in [5.41, 5.74) is 2.11. The predicted molar refractivity (Wildman–Crippen MR) is 220 cm³/mol. The number of ether oxygens (including phenoxy) is 2. The van der Waals surface area contributed by atoms with Crippen LogP contribution in [0.15, 0.2) is 109 Å². The summed E-state index contributed by atoms with van der Waals surface area (Å²) >= 11 is 0. The quantitative estimate of drug-likeness (QED) is 0.0919. The Labute approximate surface area is 336 Å². The van der Waals surface area contributed by atoms with E-state index in [1.54, 1.807) is 30.5 Å². The maximum absolute atomic E-state index is 14.1. The van der Waals surface area contributed by atoms with Gasteiger partial charge in [0.05, 0.1) is 24.9 Å². The molecule has 0 saturated heterocycles. The molecule has 57 heavy (non-hydrogen) atoms. The van der Waals surface area contributed by atoms with E-state index in [1.807, 2.05) is 120 Å². The third-order valence-electron chi connectivity index (χ3n) is 9.48. The first-order valence-corrected chi connectivity index (χ1v) is 19.2. The molecule has 0 fully saturated rings. The Balaban J connectivity index is 1.60. The lowest BCUT2D eigenvalue weighted by Crippen LogP contribution is -2.59. The van der Waals surface area contributed by atoms with Gasteiger partial charge in [0, 0.05) is 17.8 Å². The lowest BCUT2D eigenvalue weighted by Gasteiger charge is -2.35. The molecule has 0 aliphatic carbocycles. The number of benzene rings is 3. The summed E-state index contributed by atoms with van der Waals surface area (Å²) in [5, 5.41) is 23.7. The summed E-state index contributed by atoms with van der Waals surface area (Å²) in [5.74, 6) is -0.876. The molecule has 0 radical (unpaired) electrons. The lowest BCUT2D eigenvalue weighted by molar-refractivity contribution is -0.133. The second-order valence-corrected chi connectivity index (χ2v) is 16.3. The average molecular weight is 780 g/mol. The van der Waals surface area contributed by atoms with Crippen LogP contribution in [0.5, 0.6) is 5.75 Å². The van der Waals surface area contributed by atoms with Gasteiger partial charge in [-0.3, -0.25) is 19.4 Å². The van der Waals surface area contributed by atoms with E-state index in [0.29, 0.717) is 12.2 Å². The number of aliphatic hydroxyl groups is 1. The van der Waals surface area contributed by atoms with E-state index in [1.165, 1.54) is 7.11 Å². The third-order valence-corrected chi connectivity index (χ3v) is 9.48. The van der Waals surface area contributed by atoms with Crippen molar-refractivity contribution in [3.05, 3.63) is 120 Å². The third kappa shape index (κ3) is 14.0. The molecule has 4 aromatic rings. The van der Waals surface area contributed by atoms with Crippen molar-refractivity contribution in [1.29, 1.82) is 0 Å². The number of aliphatic hydroxyl groups excluding tert-OH is 1. The maximum Gasteiger partial charge on any atom is 0.407 e. The normalized spacial score (nSPS) is 14.2. The highest BCUT2D eigenvalue weighted by Gasteiger charge is 2.37. The van der Waals surface area contributed by atoms with Gasteiger partial charge in [-0.1, -0.05) is 120 Å². The molecule has 0 bridgehead atoms. The predicted octanol–water partition coefficient (Wildman–Crippen LogP) is 5.64. The summed E-state index contributed by atoms with van der Waals surface area (Å²) in [6, 6.07) is 28.5. The molecule has 0 aliphatic rings. The molecular formula is C45H57N5O7. The van der Waals surface area contributed by atoms with Crippen molar-refractivity contribution in [3.8, 4) is 17.0 Å². The Kier molecular flexibility index (Phi) is 15.8.